The molecule has 0 heterocycles. The van der Waals surface area contributed by atoms with Crippen LogP contribution in [-0.4, -0.2) is 16.6 Å². The molecular formula is C15H13F2NO4. The van der Waals surface area contributed by atoms with Gasteiger partial charge in [-0.3, -0.25) is 10.1 Å². The molecule has 0 fully saturated rings. The van der Waals surface area contributed by atoms with Crippen molar-refractivity contribution in [2.24, 2.45) is 0 Å². The van der Waals surface area contributed by atoms with Gasteiger partial charge >= 0.3 is 0 Å². The highest BCUT2D eigenvalue weighted by atomic mass is 19.1. The van der Waals surface area contributed by atoms with Gasteiger partial charge < -0.3 is 9.84 Å². The molecule has 1 N–H and O–H groups in total. The second kappa shape index (κ2) is 6.48. The number of nitrogens with zero attached hydrogens (tertiary/aromatic N) is 1. The Hall–Kier alpha value is -2.54. The summed E-state index contributed by atoms with van der Waals surface area (Å²) in [5, 5.41) is 20.5. The molecule has 22 heavy (non-hydrogen) atoms. The monoisotopic (exact) mass is 309 g/mol. The van der Waals surface area contributed by atoms with E-state index in [2.05, 4.69) is 0 Å². The Bertz CT molecular complexity index is 706. The SMILES string of the molecule is Cc1cc(F)ccc1C(O)COc1ccc([N+](=O)[O-])cc1F. The first-order valence-corrected chi connectivity index (χ1v) is 6.39. The first-order valence-electron chi connectivity index (χ1n) is 6.39. The number of nitro groups is 1. The normalized spacial score (nSPS) is 12.0. The van der Waals surface area contributed by atoms with Crippen LogP contribution >= 0.6 is 0 Å². The summed E-state index contributed by atoms with van der Waals surface area (Å²) in [6.07, 6.45) is -1.07. The molecule has 0 amide bonds. The van der Waals surface area contributed by atoms with Crippen molar-refractivity contribution in [2.75, 3.05) is 6.61 Å². The van der Waals surface area contributed by atoms with E-state index in [1.165, 1.54) is 18.2 Å². The number of hydrogen-bond acceptors (Lipinski definition) is 4. The van der Waals surface area contributed by atoms with Gasteiger partial charge in [0.05, 0.1) is 11.0 Å². The number of rotatable bonds is 5. The molecule has 0 aliphatic carbocycles. The third-order valence-corrected chi connectivity index (χ3v) is 3.11. The van der Waals surface area contributed by atoms with Gasteiger partial charge in [0.25, 0.3) is 5.69 Å². The van der Waals surface area contributed by atoms with Crippen LogP contribution in [0.5, 0.6) is 5.75 Å². The summed E-state index contributed by atoms with van der Waals surface area (Å²) in [6.45, 7) is 1.37. The van der Waals surface area contributed by atoms with Gasteiger partial charge in [-0.2, -0.15) is 0 Å². The van der Waals surface area contributed by atoms with Crippen molar-refractivity contribution in [1.82, 2.24) is 0 Å². The number of halogens is 2. The molecule has 0 saturated heterocycles. The van der Waals surface area contributed by atoms with Gasteiger partial charge in [-0.1, -0.05) is 6.07 Å². The third-order valence-electron chi connectivity index (χ3n) is 3.11. The summed E-state index contributed by atoms with van der Waals surface area (Å²) in [5.74, 6) is -1.52. The minimum absolute atomic E-state index is 0.204. The maximum absolute atomic E-state index is 13.6. The molecule has 7 heteroatoms. The third kappa shape index (κ3) is 3.56. The molecule has 5 nitrogen and oxygen atoms in total. The van der Waals surface area contributed by atoms with Crippen molar-refractivity contribution in [3.63, 3.8) is 0 Å². The number of non-ortho nitro benzene ring substituents is 1. The molecule has 1 atom stereocenters. The molecule has 2 aromatic carbocycles. The van der Waals surface area contributed by atoms with Gasteiger partial charge in [0, 0.05) is 6.07 Å². The lowest BCUT2D eigenvalue weighted by atomic mass is 10.0. The van der Waals surface area contributed by atoms with Crippen molar-refractivity contribution < 1.29 is 23.5 Å². The minimum Gasteiger partial charge on any atom is -0.487 e. The highest BCUT2D eigenvalue weighted by Gasteiger charge is 2.15. The van der Waals surface area contributed by atoms with Crippen LogP contribution in [0.3, 0.4) is 0 Å². The van der Waals surface area contributed by atoms with Gasteiger partial charge in [0.2, 0.25) is 0 Å². The fourth-order valence-corrected chi connectivity index (χ4v) is 1.99. The maximum Gasteiger partial charge on any atom is 0.272 e. The topological polar surface area (TPSA) is 72.6 Å². The van der Waals surface area contributed by atoms with E-state index in [9.17, 15) is 24.0 Å². The van der Waals surface area contributed by atoms with Gasteiger partial charge in [-0.25, -0.2) is 8.78 Å². The van der Waals surface area contributed by atoms with Crippen molar-refractivity contribution in [2.45, 2.75) is 13.0 Å². The Morgan fingerprint density at radius 2 is 2.00 bits per heavy atom. The largest absolute Gasteiger partial charge is 0.487 e. The number of aliphatic hydroxyl groups excluding tert-OH is 1. The Balaban J connectivity index is 2.08. The lowest BCUT2D eigenvalue weighted by Gasteiger charge is -2.15. The fourth-order valence-electron chi connectivity index (χ4n) is 1.99. The van der Waals surface area contributed by atoms with Crippen LogP contribution in [0, 0.1) is 28.7 Å². The van der Waals surface area contributed by atoms with Crippen molar-refractivity contribution in [3.05, 3.63) is 69.3 Å². The molecule has 2 rings (SSSR count). The highest BCUT2D eigenvalue weighted by Crippen LogP contribution is 2.25. The van der Waals surface area contributed by atoms with Crippen LogP contribution in [0.2, 0.25) is 0 Å². The molecule has 0 bridgehead atoms. The number of aryl methyl sites for hydroxylation is 1. The van der Waals surface area contributed by atoms with Gasteiger partial charge in [0.15, 0.2) is 11.6 Å². The van der Waals surface area contributed by atoms with Crippen molar-refractivity contribution in [1.29, 1.82) is 0 Å². The number of benzene rings is 2. The zero-order valence-electron chi connectivity index (χ0n) is 11.6. The summed E-state index contributed by atoms with van der Waals surface area (Å²) < 4.78 is 31.8. The molecule has 1 unspecified atom stereocenters. The predicted molar refractivity (Wildman–Crippen MR) is 74.6 cm³/mol. The Morgan fingerprint density at radius 3 is 2.59 bits per heavy atom. The van der Waals surface area contributed by atoms with Crippen molar-refractivity contribution >= 4 is 5.69 Å². The summed E-state index contributed by atoms with van der Waals surface area (Å²) in [4.78, 5) is 9.79. The maximum atomic E-state index is 13.6. The average molecular weight is 309 g/mol. The van der Waals surface area contributed by atoms with Crippen LogP contribution in [0.4, 0.5) is 14.5 Å². The minimum atomic E-state index is -1.07. The Labute approximate surface area is 124 Å². The summed E-state index contributed by atoms with van der Waals surface area (Å²) in [6, 6.07) is 6.87. The van der Waals surface area contributed by atoms with Crippen LogP contribution in [0.15, 0.2) is 36.4 Å². The van der Waals surface area contributed by atoms with E-state index in [4.69, 9.17) is 4.74 Å². The first-order chi connectivity index (χ1) is 10.4. The van der Waals surface area contributed by atoms with Crippen LogP contribution < -0.4 is 4.74 Å². The van der Waals surface area contributed by atoms with Gasteiger partial charge in [0.1, 0.15) is 18.5 Å². The highest BCUT2D eigenvalue weighted by molar-refractivity contribution is 5.37. The fraction of sp³-hybridized carbons (Fsp3) is 0.200. The van der Waals surface area contributed by atoms with Gasteiger partial charge in [-0.15, -0.1) is 0 Å². The second-order valence-corrected chi connectivity index (χ2v) is 4.70. The first kappa shape index (κ1) is 15.8. The van der Waals surface area contributed by atoms with Crippen LogP contribution in [0.25, 0.3) is 0 Å². The lowest BCUT2D eigenvalue weighted by Crippen LogP contribution is -2.11. The standard InChI is InChI=1S/C15H13F2NO4/c1-9-6-10(16)2-4-12(9)14(19)8-22-15-5-3-11(18(20)21)7-13(15)17/h2-7,14,19H,8H2,1H3. The van der Waals surface area contributed by atoms with E-state index in [0.717, 1.165) is 18.2 Å². The molecule has 0 saturated carbocycles. The van der Waals surface area contributed by atoms with Crippen LogP contribution in [-0.2, 0) is 0 Å². The molecule has 116 valence electrons. The number of hydrogen-bond donors (Lipinski definition) is 1. The molecule has 0 spiro atoms. The van der Waals surface area contributed by atoms with E-state index in [1.807, 2.05) is 0 Å². The zero-order chi connectivity index (χ0) is 16.3. The molecule has 0 radical (unpaired) electrons. The zero-order valence-corrected chi connectivity index (χ0v) is 11.6. The van der Waals surface area contributed by atoms with E-state index < -0.39 is 22.7 Å². The predicted octanol–water partition coefficient (Wildman–Crippen LogP) is 3.29. The Kier molecular flexibility index (Phi) is 4.67. The Morgan fingerprint density at radius 1 is 1.27 bits per heavy atom. The van der Waals surface area contributed by atoms with E-state index in [1.54, 1.807) is 6.92 Å². The van der Waals surface area contributed by atoms with E-state index in [-0.39, 0.29) is 18.0 Å². The number of nitro benzene ring substituents is 1. The number of aliphatic hydroxyl groups is 1. The summed E-state index contributed by atoms with van der Waals surface area (Å²) in [7, 11) is 0. The molecule has 2 aromatic rings. The summed E-state index contributed by atoms with van der Waals surface area (Å²) in [5.41, 5.74) is 0.615. The quantitative estimate of drug-likeness (QED) is 0.679. The molecule has 0 aliphatic rings. The average Bonchev–Trinajstić information content (AvgIpc) is 2.45. The van der Waals surface area contributed by atoms with Gasteiger partial charge in [-0.05, 0) is 36.2 Å². The van der Waals surface area contributed by atoms with E-state index >= 15 is 0 Å². The lowest BCUT2D eigenvalue weighted by molar-refractivity contribution is -0.385. The van der Waals surface area contributed by atoms with Crippen molar-refractivity contribution in [3.8, 4) is 5.75 Å². The van der Waals surface area contributed by atoms with E-state index in [0.29, 0.717) is 11.1 Å². The smallest absolute Gasteiger partial charge is 0.272 e. The second-order valence-electron chi connectivity index (χ2n) is 4.70. The molecular weight excluding hydrogens is 296 g/mol. The number of ether oxygens (including phenoxy) is 1. The molecule has 0 aromatic heterocycles. The molecule has 0 aliphatic heterocycles. The van der Waals surface area contributed by atoms with Crippen LogP contribution in [0.1, 0.15) is 17.2 Å². The summed E-state index contributed by atoms with van der Waals surface area (Å²) >= 11 is 0.